The number of amides is 1. The van der Waals surface area contributed by atoms with Crippen LogP contribution in [0.15, 0.2) is 57.8 Å². The summed E-state index contributed by atoms with van der Waals surface area (Å²) < 4.78 is 60.0. The molecule has 1 unspecified atom stereocenters. The van der Waals surface area contributed by atoms with Gasteiger partial charge < -0.3 is 9.84 Å². The van der Waals surface area contributed by atoms with Crippen LogP contribution in [0.3, 0.4) is 0 Å². The van der Waals surface area contributed by atoms with Crippen molar-refractivity contribution in [2.45, 2.75) is 45.1 Å². The number of hydrogen-bond donors (Lipinski definition) is 1. The van der Waals surface area contributed by atoms with Crippen molar-refractivity contribution in [1.82, 2.24) is 29.8 Å². The Kier molecular flexibility index (Phi) is 7.95. The zero-order valence-corrected chi connectivity index (χ0v) is 20.6. The van der Waals surface area contributed by atoms with Gasteiger partial charge in [0.1, 0.15) is 12.4 Å². The van der Waals surface area contributed by atoms with Gasteiger partial charge >= 0.3 is 11.9 Å². The fourth-order valence-electron chi connectivity index (χ4n) is 3.77. The van der Waals surface area contributed by atoms with Crippen molar-refractivity contribution >= 4 is 17.5 Å². The third-order valence-electron chi connectivity index (χ3n) is 5.50. The zero-order valence-electron chi connectivity index (χ0n) is 19.9. The molecule has 200 valence electrons. The molecule has 0 saturated carbocycles. The van der Waals surface area contributed by atoms with Crippen molar-refractivity contribution in [3.05, 3.63) is 87.1 Å². The molecule has 1 atom stereocenters. The molecule has 0 aliphatic heterocycles. The van der Waals surface area contributed by atoms with Gasteiger partial charge in [-0.25, -0.2) is 13.9 Å². The van der Waals surface area contributed by atoms with Crippen LogP contribution in [0.2, 0.25) is 5.02 Å². The van der Waals surface area contributed by atoms with Crippen LogP contribution in [0.1, 0.15) is 29.7 Å². The summed E-state index contributed by atoms with van der Waals surface area (Å²) >= 11 is 5.90. The smallest absolute Gasteiger partial charge is 0.347 e. The Labute approximate surface area is 218 Å². The summed E-state index contributed by atoms with van der Waals surface area (Å²) in [4.78, 5) is 30.0. The molecular weight excluding hydrogens is 532 g/mol. The lowest BCUT2D eigenvalue weighted by atomic mass is 10.0. The molecule has 2 aromatic carbocycles. The fourth-order valence-corrected chi connectivity index (χ4v) is 3.89. The molecule has 38 heavy (non-hydrogen) atoms. The van der Waals surface area contributed by atoms with Crippen LogP contribution in [-0.2, 0) is 24.3 Å². The first-order chi connectivity index (χ1) is 18.0. The topological polar surface area (TPSA) is 108 Å². The van der Waals surface area contributed by atoms with E-state index in [4.69, 9.17) is 16.1 Å². The summed E-state index contributed by atoms with van der Waals surface area (Å²) in [5.41, 5.74) is -0.435. The lowest BCUT2D eigenvalue weighted by molar-refractivity contribution is -0.136. The number of nitrogens with zero attached hydrogens (tertiary/aromatic N) is 5. The highest BCUT2D eigenvalue weighted by Crippen LogP contribution is 2.24. The van der Waals surface area contributed by atoms with E-state index in [0.717, 1.165) is 9.25 Å². The van der Waals surface area contributed by atoms with E-state index < -0.39 is 49.1 Å². The van der Waals surface area contributed by atoms with E-state index in [1.54, 1.807) is 13.0 Å². The first-order valence-corrected chi connectivity index (χ1v) is 11.7. The van der Waals surface area contributed by atoms with Crippen molar-refractivity contribution in [3.8, 4) is 11.4 Å². The Bertz CT molecular complexity index is 1480. The molecule has 9 nitrogen and oxygen atoms in total. The number of aromatic nitrogens is 5. The second-order valence-corrected chi connectivity index (χ2v) is 8.81. The largest absolute Gasteiger partial charge is 0.390 e. The monoisotopic (exact) mass is 552 g/mol. The minimum atomic E-state index is -4.52. The van der Waals surface area contributed by atoms with E-state index in [-0.39, 0.29) is 23.7 Å². The van der Waals surface area contributed by atoms with E-state index in [9.17, 15) is 27.2 Å². The van der Waals surface area contributed by atoms with Gasteiger partial charge in [0, 0.05) is 22.7 Å². The zero-order chi connectivity index (χ0) is 27.4. The lowest BCUT2D eigenvalue weighted by Crippen LogP contribution is -2.37. The second-order valence-electron chi connectivity index (χ2n) is 8.37. The number of aryl methyl sites for hydroxylation is 1. The summed E-state index contributed by atoms with van der Waals surface area (Å²) in [5.74, 6) is -0.887. The molecule has 0 bridgehead atoms. The minimum Gasteiger partial charge on any atom is -0.347 e. The minimum absolute atomic E-state index is 0.0432. The quantitative estimate of drug-likeness (QED) is 0.311. The van der Waals surface area contributed by atoms with E-state index >= 15 is 0 Å². The molecule has 0 spiro atoms. The Morgan fingerprint density at radius 3 is 2.50 bits per heavy atom. The van der Waals surface area contributed by atoms with Gasteiger partial charge in [-0.05, 0) is 37.3 Å². The molecule has 0 radical (unpaired) electrons. The first kappa shape index (κ1) is 27.0. The highest BCUT2D eigenvalue weighted by molar-refractivity contribution is 6.30. The van der Waals surface area contributed by atoms with Crippen molar-refractivity contribution in [2.75, 3.05) is 0 Å². The molecule has 1 N–H and O–H groups in total. The number of nitrogens with one attached hydrogen (secondary N) is 1. The molecule has 2 aromatic heterocycles. The number of carbonyl (C=O) groups is 1. The van der Waals surface area contributed by atoms with Crippen LogP contribution in [0.4, 0.5) is 17.6 Å². The van der Waals surface area contributed by atoms with Gasteiger partial charge in [0.25, 0.3) is 0 Å². The fraction of sp³-hybridized carbons (Fsp3) is 0.292. The van der Waals surface area contributed by atoms with E-state index in [2.05, 4.69) is 20.6 Å². The van der Waals surface area contributed by atoms with Crippen LogP contribution in [-0.4, -0.2) is 36.6 Å². The highest BCUT2D eigenvalue weighted by atomic mass is 35.5. The molecule has 0 aliphatic rings. The number of benzene rings is 2. The summed E-state index contributed by atoms with van der Waals surface area (Å²) in [5, 5.41) is 10.8. The number of alkyl halides is 3. The highest BCUT2D eigenvalue weighted by Gasteiger charge is 2.29. The van der Waals surface area contributed by atoms with E-state index in [1.165, 1.54) is 42.5 Å². The molecule has 0 aliphatic carbocycles. The molecule has 1 amide bonds. The van der Waals surface area contributed by atoms with E-state index in [0.29, 0.717) is 16.4 Å². The Balaban J connectivity index is 1.61. The number of carbonyl (C=O) groups excluding carboxylic acids is 1. The third kappa shape index (κ3) is 6.65. The van der Waals surface area contributed by atoms with Gasteiger partial charge in [-0.3, -0.25) is 9.36 Å². The van der Waals surface area contributed by atoms with Crippen molar-refractivity contribution < 1.29 is 26.9 Å². The predicted octanol–water partition coefficient (Wildman–Crippen LogP) is 4.25. The molecule has 2 heterocycles. The average molecular weight is 553 g/mol. The summed E-state index contributed by atoms with van der Waals surface area (Å²) in [6.45, 7) is 0.270. The van der Waals surface area contributed by atoms with Crippen LogP contribution < -0.4 is 11.0 Å². The average Bonchev–Trinajstić information content (AvgIpc) is 3.40. The number of halogens is 5. The SMILES string of the molecule is Cc1noc(CC(NC(=O)Cn2nc(-c3ccc(Cl)cc3)n(CCC(F)(F)F)c2=O)c2ccccc2F)n1. The summed E-state index contributed by atoms with van der Waals surface area (Å²) in [6.07, 6.45) is -5.83. The van der Waals surface area contributed by atoms with Gasteiger partial charge in [0.05, 0.1) is 18.9 Å². The summed E-state index contributed by atoms with van der Waals surface area (Å²) in [6, 6.07) is 10.8. The number of hydrogen-bond acceptors (Lipinski definition) is 6. The van der Waals surface area contributed by atoms with Crippen LogP contribution >= 0.6 is 11.6 Å². The van der Waals surface area contributed by atoms with E-state index in [1.807, 2.05) is 0 Å². The Morgan fingerprint density at radius 1 is 1.16 bits per heavy atom. The lowest BCUT2D eigenvalue weighted by Gasteiger charge is -2.18. The normalized spacial score (nSPS) is 12.5. The van der Waals surface area contributed by atoms with Crippen molar-refractivity contribution in [1.29, 1.82) is 0 Å². The molecule has 14 heteroatoms. The van der Waals surface area contributed by atoms with Crippen LogP contribution in [0, 0.1) is 12.7 Å². The maximum absolute atomic E-state index is 14.6. The molecule has 0 saturated heterocycles. The Morgan fingerprint density at radius 2 is 1.87 bits per heavy atom. The van der Waals surface area contributed by atoms with Gasteiger partial charge in [-0.15, -0.1) is 5.10 Å². The second kappa shape index (κ2) is 11.2. The Hall–Kier alpha value is -4.00. The first-order valence-electron chi connectivity index (χ1n) is 11.3. The molecule has 0 fully saturated rings. The molecular formula is C24H21ClF4N6O3. The van der Waals surface area contributed by atoms with Gasteiger partial charge in [-0.1, -0.05) is 35.0 Å². The summed E-state index contributed by atoms with van der Waals surface area (Å²) in [7, 11) is 0. The standard InChI is InChI=1S/C24H21ClF4N6O3/c1-14-30-21(38-33-14)12-19(17-4-2-3-5-18(17)26)31-20(36)13-35-23(37)34(11-10-24(27,28)29)22(32-35)15-6-8-16(25)9-7-15/h2-9,19H,10-13H2,1H3,(H,31,36). The van der Waals surface area contributed by atoms with Crippen molar-refractivity contribution in [2.24, 2.45) is 0 Å². The molecule has 4 aromatic rings. The third-order valence-corrected chi connectivity index (χ3v) is 5.75. The maximum Gasteiger partial charge on any atom is 0.390 e. The number of rotatable bonds is 9. The van der Waals surface area contributed by atoms with Gasteiger partial charge in [-0.2, -0.15) is 18.2 Å². The van der Waals surface area contributed by atoms with Gasteiger partial charge in [0.2, 0.25) is 11.8 Å². The molecule has 4 rings (SSSR count). The van der Waals surface area contributed by atoms with Crippen molar-refractivity contribution in [3.63, 3.8) is 0 Å². The van der Waals surface area contributed by atoms with Crippen LogP contribution in [0.5, 0.6) is 0 Å². The van der Waals surface area contributed by atoms with Gasteiger partial charge in [0.15, 0.2) is 11.6 Å². The maximum atomic E-state index is 14.6. The predicted molar refractivity (Wildman–Crippen MR) is 128 cm³/mol. The van der Waals surface area contributed by atoms with Crippen LogP contribution in [0.25, 0.3) is 11.4 Å².